The van der Waals surface area contributed by atoms with Crippen molar-refractivity contribution in [3.63, 3.8) is 0 Å². The molecule has 4 rings (SSSR count). The zero-order chi connectivity index (χ0) is 22.6. The van der Waals surface area contributed by atoms with Crippen molar-refractivity contribution in [2.75, 3.05) is 11.5 Å². The van der Waals surface area contributed by atoms with Gasteiger partial charge in [-0.05, 0) is 46.5 Å². The van der Waals surface area contributed by atoms with Crippen LogP contribution >= 0.6 is 0 Å². The minimum absolute atomic E-state index is 0.354. The topological polar surface area (TPSA) is 70.5 Å². The fourth-order valence-corrected chi connectivity index (χ4v) is 3.67. The van der Waals surface area contributed by atoms with Crippen LogP contribution in [0.15, 0.2) is 85.0 Å². The van der Waals surface area contributed by atoms with Crippen molar-refractivity contribution in [2.24, 2.45) is 0 Å². The van der Waals surface area contributed by atoms with Crippen molar-refractivity contribution in [3.05, 3.63) is 102 Å². The summed E-state index contributed by atoms with van der Waals surface area (Å²) in [6.45, 7) is -1.34. The third kappa shape index (κ3) is 4.91. The van der Waals surface area contributed by atoms with Gasteiger partial charge in [0.25, 0.3) is 5.79 Å². The molecule has 0 aliphatic heterocycles. The molecule has 0 fully saturated rings. The Bertz CT molecular complexity index is 1100. The number of ether oxygens (including phenoxy) is 2. The van der Waals surface area contributed by atoms with E-state index in [0.717, 1.165) is 11.1 Å². The average molecular weight is 434 g/mol. The van der Waals surface area contributed by atoms with E-state index in [0.29, 0.717) is 40.4 Å². The summed E-state index contributed by atoms with van der Waals surface area (Å²) >= 11 is 0. The molecule has 1 aliphatic rings. The number of nitrogens with two attached hydrogens (primary N) is 2. The van der Waals surface area contributed by atoms with Crippen LogP contribution in [0, 0.1) is 0 Å². The highest BCUT2D eigenvalue weighted by atomic mass is 19.1. The maximum atomic E-state index is 13.3. The highest BCUT2D eigenvalue weighted by molar-refractivity contribution is 5.75. The molecule has 164 valence electrons. The monoisotopic (exact) mass is 434 g/mol. The molecule has 1 aliphatic carbocycles. The van der Waals surface area contributed by atoms with Crippen LogP contribution in [0.1, 0.15) is 23.1 Å². The zero-order valence-corrected chi connectivity index (χ0v) is 17.4. The van der Waals surface area contributed by atoms with Crippen molar-refractivity contribution in [2.45, 2.75) is 25.6 Å². The number of hydrogen-bond donors (Lipinski definition) is 2. The Labute approximate surface area is 185 Å². The molecule has 0 bridgehead atoms. The van der Waals surface area contributed by atoms with E-state index in [4.69, 9.17) is 20.9 Å². The van der Waals surface area contributed by atoms with Gasteiger partial charge in [-0.1, -0.05) is 42.5 Å². The predicted molar refractivity (Wildman–Crippen MR) is 123 cm³/mol. The summed E-state index contributed by atoms with van der Waals surface area (Å²) in [5.41, 5.74) is 15.5. The summed E-state index contributed by atoms with van der Waals surface area (Å²) in [6, 6.07) is 19.4. The Morgan fingerprint density at radius 3 is 1.81 bits per heavy atom. The first-order valence-electron chi connectivity index (χ1n) is 10.2. The van der Waals surface area contributed by atoms with E-state index >= 15 is 0 Å². The molecule has 0 saturated heterocycles. The number of halogens is 2. The van der Waals surface area contributed by atoms with Gasteiger partial charge < -0.3 is 20.9 Å². The quantitative estimate of drug-likeness (QED) is 0.354. The third-order valence-electron chi connectivity index (χ3n) is 5.10. The lowest BCUT2D eigenvalue weighted by Gasteiger charge is -2.34. The van der Waals surface area contributed by atoms with Crippen molar-refractivity contribution >= 4 is 16.9 Å². The first-order valence-corrected chi connectivity index (χ1v) is 10.2. The van der Waals surface area contributed by atoms with Gasteiger partial charge in [0.1, 0.15) is 24.8 Å². The molecule has 0 spiro atoms. The number of nitrogen functional groups attached to an aromatic ring is 2. The fourth-order valence-electron chi connectivity index (χ4n) is 3.67. The number of benzene rings is 3. The molecule has 4 nitrogen and oxygen atoms in total. The molecule has 0 atom stereocenters. The number of anilines is 2. The molecule has 0 radical (unpaired) electrons. The van der Waals surface area contributed by atoms with Crippen LogP contribution in [0.3, 0.4) is 0 Å². The SMILES string of the molecule is Nc1cc(CF)cc(OC2(Oc3cc(N)cc(CF)c3)C=CC(c3ccccc3)=CC2)c1. The van der Waals surface area contributed by atoms with Gasteiger partial charge in [-0.15, -0.1) is 0 Å². The molecule has 32 heavy (non-hydrogen) atoms. The predicted octanol–water partition coefficient (Wildman–Crippen LogP) is 5.99. The highest BCUT2D eigenvalue weighted by Crippen LogP contribution is 2.35. The lowest BCUT2D eigenvalue weighted by Crippen LogP contribution is -2.41. The van der Waals surface area contributed by atoms with Crippen LogP contribution in [-0.4, -0.2) is 5.79 Å². The second-order valence-electron chi connectivity index (χ2n) is 7.67. The van der Waals surface area contributed by atoms with E-state index < -0.39 is 19.1 Å². The van der Waals surface area contributed by atoms with Crippen molar-refractivity contribution < 1.29 is 18.3 Å². The highest BCUT2D eigenvalue weighted by Gasteiger charge is 2.34. The third-order valence-corrected chi connectivity index (χ3v) is 5.10. The minimum Gasteiger partial charge on any atom is -0.448 e. The summed E-state index contributed by atoms with van der Waals surface area (Å²) in [6.07, 6.45) is 6.06. The summed E-state index contributed by atoms with van der Waals surface area (Å²) < 4.78 is 39.0. The molecule has 4 N–H and O–H groups in total. The van der Waals surface area contributed by atoms with Crippen LogP contribution < -0.4 is 20.9 Å². The van der Waals surface area contributed by atoms with Crippen LogP contribution in [0.4, 0.5) is 20.2 Å². The van der Waals surface area contributed by atoms with Crippen LogP contribution in [-0.2, 0) is 13.3 Å². The summed E-state index contributed by atoms with van der Waals surface area (Å²) in [4.78, 5) is 0. The number of allylic oxidation sites excluding steroid dienone is 2. The Hall–Kier alpha value is -3.80. The van der Waals surface area contributed by atoms with Gasteiger partial charge in [0.05, 0.1) is 0 Å². The van der Waals surface area contributed by atoms with Gasteiger partial charge in [-0.25, -0.2) is 8.78 Å². The molecule has 0 unspecified atom stereocenters. The number of hydrogen-bond acceptors (Lipinski definition) is 4. The van der Waals surface area contributed by atoms with E-state index in [1.165, 1.54) is 0 Å². The van der Waals surface area contributed by atoms with E-state index in [1.807, 2.05) is 42.5 Å². The van der Waals surface area contributed by atoms with E-state index in [9.17, 15) is 8.78 Å². The molecule has 0 amide bonds. The second kappa shape index (κ2) is 9.14. The van der Waals surface area contributed by atoms with Crippen LogP contribution in [0.5, 0.6) is 11.5 Å². The lowest BCUT2D eigenvalue weighted by molar-refractivity contribution is -0.0685. The van der Waals surface area contributed by atoms with Gasteiger partial charge in [0.2, 0.25) is 0 Å². The van der Waals surface area contributed by atoms with Crippen LogP contribution in [0.2, 0.25) is 0 Å². The van der Waals surface area contributed by atoms with Gasteiger partial charge in [0.15, 0.2) is 0 Å². The first-order chi connectivity index (χ1) is 15.5. The summed E-state index contributed by atoms with van der Waals surface area (Å²) in [7, 11) is 0. The molecule has 0 aromatic heterocycles. The molecule has 3 aromatic rings. The minimum atomic E-state index is -1.25. The fraction of sp³-hybridized carbons (Fsp3) is 0.154. The standard InChI is InChI=1S/C26H24F2N2O2/c27-16-18-10-22(29)14-24(12-18)31-26(32-25-13-19(17-28)11-23(30)15-25)8-6-21(7-9-26)20-4-2-1-3-5-20/h1-8,10-15H,9,16-17,29-30H2. The van der Waals surface area contributed by atoms with E-state index in [2.05, 4.69) is 0 Å². The van der Waals surface area contributed by atoms with Gasteiger partial charge in [-0.3, -0.25) is 0 Å². The Morgan fingerprint density at radius 2 is 1.34 bits per heavy atom. The maximum absolute atomic E-state index is 13.3. The van der Waals surface area contributed by atoms with Gasteiger partial charge >= 0.3 is 0 Å². The van der Waals surface area contributed by atoms with Crippen molar-refractivity contribution in [1.29, 1.82) is 0 Å². The molecule has 0 saturated carbocycles. The summed E-state index contributed by atoms with van der Waals surface area (Å²) in [5, 5.41) is 0. The van der Waals surface area contributed by atoms with E-state index in [1.54, 1.807) is 42.5 Å². The smallest absolute Gasteiger partial charge is 0.274 e. The normalized spacial score (nSPS) is 14.6. The number of rotatable bonds is 7. The molecular weight excluding hydrogens is 410 g/mol. The molecule has 6 heteroatoms. The van der Waals surface area contributed by atoms with E-state index in [-0.39, 0.29) is 0 Å². The Balaban J connectivity index is 1.69. The van der Waals surface area contributed by atoms with Crippen LogP contribution in [0.25, 0.3) is 5.57 Å². The second-order valence-corrected chi connectivity index (χ2v) is 7.67. The molecular formula is C26H24F2N2O2. The van der Waals surface area contributed by atoms with Gasteiger partial charge in [-0.2, -0.15) is 0 Å². The molecule has 3 aromatic carbocycles. The lowest BCUT2D eigenvalue weighted by atomic mass is 9.96. The summed E-state index contributed by atoms with van der Waals surface area (Å²) in [5.74, 6) is -0.511. The maximum Gasteiger partial charge on any atom is 0.274 e. The molecule has 0 heterocycles. The first kappa shape index (κ1) is 21.4. The Kier molecular flexibility index (Phi) is 6.12. The average Bonchev–Trinajstić information content (AvgIpc) is 2.79. The number of alkyl halides is 2. The largest absolute Gasteiger partial charge is 0.448 e. The zero-order valence-electron chi connectivity index (χ0n) is 17.4. The van der Waals surface area contributed by atoms with Crippen molar-refractivity contribution in [3.8, 4) is 11.5 Å². The van der Waals surface area contributed by atoms with Crippen molar-refractivity contribution in [1.82, 2.24) is 0 Å². The Morgan fingerprint density at radius 1 is 0.781 bits per heavy atom. The van der Waals surface area contributed by atoms with Gasteiger partial charge in [0, 0.05) is 36.0 Å².